The summed E-state index contributed by atoms with van der Waals surface area (Å²) in [4.78, 5) is 44.8. The van der Waals surface area contributed by atoms with Gasteiger partial charge in [-0.2, -0.15) is 5.10 Å². The van der Waals surface area contributed by atoms with E-state index in [9.17, 15) is 14.4 Å². The lowest BCUT2D eigenvalue weighted by Crippen LogP contribution is -2.63. The molecule has 31 heavy (non-hydrogen) atoms. The molecule has 4 rings (SSSR count). The Labute approximate surface area is 183 Å². The zero-order chi connectivity index (χ0) is 22.2. The van der Waals surface area contributed by atoms with E-state index in [4.69, 9.17) is 0 Å². The van der Waals surface area contributed by atoms with Crippen LogP contribution in [0.3, 0.4) is 0 Å². The largest absolute Gasteiger partial charge is 0.351 e. The second-order valence-corrected chi connectivity index (χ2v) is 9.30. The third-order valence-electron chi connectivity index (χ3n) is 7.10. The number of nitrogens with zero attached hydrogens (tertiary/aromatic N) is 5. The van der Waals surface area contributed by atoms with E-state index >= 15 is 0 Å². The Bertz CT molecular complexity index is 853. The van der Waals surface area contributed by atoms with Gasteiger partial charge < -0.3 is 15.1 Å². The Hall–Kier alpha value is -2.42. The first-order valence-corrected chi connectivity index (χ1v) is 11.5. The first-order valence-electron chi connectivity index (χ1n) is 11.5. The van der Waals surface area contributed by atoms with Crippen molar-refractivity contribution in [1.82, 2.24) is 29.8 Å². The lowest BCUT2D eigenvalue weighted by atomic mass is 9.95. The van der Waals surface area contributed by atoms with Crippen LogP contribution in [0.2, 0.25) is 0 Å². The van der Waals surface area contributed by atoms with Gasteiger partial charge in [0.15, 0.2) is 5.69 Å². The van der Waals surface area contributed by atoms with Crippen LogP contribution in [0.25, 0.3) is 0 Å². The minimum absolute atomic E-state index is 0.148. The summed E-state index contributed by atoms with van der Waals surface area (Å²) in [6.45, 7) is 8.25. The molecule has 9 heteroatoms. The minimum atomic E-state index is -1.04. The molecule has 3 amide bonds. The Morgan fingerprint density at radius 2 is 1.87 bits per heavy atom. The molecule has 170 valence electrons. The molecule has 1 aromatic rings. The van der Waals surface area contributed by atoms with E-state index in [1.165, 1.54) is 9.58 Å². The van der Waals surface area contributed by atoms with Gasteiger partial charge in [0.05, 0.1) is 6.54 Å². The molecule has 2 aliphatic heterocycles. The van der Waals surface area contributed by atoms with E-state index in [1.807, 2.05) is 0 Å². The molecule has 3 aliphatic rings. The third kappa shape index (κ3) is 4.07. The van der Waals surface area contributed by atoms with E-state index in [0.29, 0.717) is 18.8 Å². The van der Waals surface area contributed by atoms with Gasteiger partial charge in [0.1, 0.15) is 11.2 Å². The van der Waals surface area contributed by atoms with Gasteiger partial charge in [-0.15, -0.1) is 0 Å². The summed E-state index contributed by atoms with van der Waals surface area (Å²) in [5, 5.41) is 7.57. The number of rotatable bonds is 5. The second-order valence-electron chi connectivity index (χ2n) is 9.30. The van der Waals surface area contributed by atoms with Crippen LogP contribution in [0.5, 0.6) is 0 Å². The molecule has 2 fully saturated rings. The van der Waals surface area contributed by atoms with Gasteiger partial charge in [0.25, 0.3) is 11.8 Å². The fourth-order valence-electron chi connectivity index (χ4n) is 4.90. The lowest BCUT2D eigenvalue weighted by Gasteiger charge is -2.41. The van der Waals surface area contributed by atoms with E-state index in [1.54, 1.807) is 24.9 Å². The summed E-state index contributed by atoms with van der Waals surface area (Å²) < 4.78 is 1.54. The third-order valence-corrected chi connectivity index (χ3v) is 7.10. The van der Waals surface area contributed by atoms with Crippen LogP contribution in [0.15, 0.2) is 6.07 Å². The van der Waals surface area contributed by atoms with Crippen molar-refractivity contribution >= 4 is 17.7 Å². The molecular formula is C22H34N6O3. The van der Waals surface area contributed by atoms with Crippen molar-refractivity contribution in [3.8, 4) is 0 Å². The summed E-state index contributed by atoms with van der Waals surface area (Å²) in [5.41, 5.74) is -0.395. The van der Waals surface area contributed by atoms with Crippen molar-refractivity contribution in [1.29, 1.82) is 0 Å². The van der Waals surface area contributed by atoms with Crippen LogP contribution in [0.1, 0.15) is 66.9 Å². The van der Waals surface area contributed by atoms with Crippen molar-refractivity contribution in [2.75, 3.05) is 39.8 Å². The lowest BCUT2D eigenvalue weighted by molar-refractivity contribution is -0.133. The maximum atomic E-state index is 13.1. The fraction of sp³-hybridized carbons (Fsp3) is 0.727. The Morgan fingerprint density at radius 1 is 1.19 bits per heavy atom. The molecule has 1 N–H and O–H groups in total. The number of piperazine rings is 1. The van der Waals surface area contributed by atoms with Gasteiger partial charge in [-0.25, -0.2) is 0 Å². The van der Waals surface area contributed by atoms with Gasteiger partial charge in [-0.1, -0.05) is 19.8 Å². The highest BCUT2D eigenvalue weighted by Crippen LogP contribution is 2.27. The van der Waals surface area contributed by atoms with Crippen LogP contribution in [0, 0.1) is 0 Å². The van der Waals surface area contributed by atoms with Crippen molar-refractivity contribution < 1.29 is 14.4 Å². The molecular weight excluding hydrogens is 396 g/mol. The average molecular weight is 431 g/mol. The molecule has 1 saturated carbocycles. The molecule has 1 saturated heterocycles. The van der Waals surface area contributed by atoms with Crippen LogP contribution in [-0.2, 0) is 11.3 Å². The SMILES string of the molecule is CCCN1CCN(C(=O)c2cc3n(n2)CC(C)(C(=O)NC2CCCC2)N(C)C3=O)CC1. The zero-order valence-electron chi connectivity index (χ0n) is 18.9. The zero-order valence-corrected chi connectivity index (χ0v) is 18.9. The van der Waals surface area contributed by atoms with Gasteiger partial charge in [0, 0.05) is 45.3 Å². The number of carbonyl (C=O) groups excluding carboxylic acids is 3. The highest BCUT2D eigenvalue weighted by molar-refractivity contribution is 6.01. The first-order chi connectivity index (χ1) is 14.8. The molecule has 1 atom stereocenters. The van der Waals surface area contributed by atoms with Crippen molar-refractivity contribution in [3.63, 3.8) is 0 Å². The van der Waals surface area contributed by atoms with Gasteiger partial charge in [-0.05, 0) is 32.7 Å². The van der Waals surface area contributed by atoms with Crippen molar-refractivity contribution in [2.24, 2.45) is 0 Å². The predicted octanol–water partition coefficient (Wildman–Crippen LogP) is 0.954. The first kappa shape index (κ1) is 21.8. The number of hydrogen-bond donors (Lipinski definition) is 1. The Balaban J connectivity index is 1.49. The van der Waals surface area contributed by atoms with Crippen LogP contribution in [0.4, 0.5) is 0 Å². The van der Waals surface area contributed by atoms with E-state index in [-0.39, 0.29) is 36.0 Å². The Morgan fingerprint density at radius 3 is 2.52 bits per heavy atom. The van der Waals surface area contributed by atoms with Crippen molar-refractivity contribution in [3.05, 3.63) is 17.5 Å². The van der Waals surface area contributed by atoms with Gasteiger partial charge >= 0.3 is 0 Å². The average Bonchev–Trinajstić information content (AvgIpc) is 3.42. The minimum Gasteiger partial charge on any atom is -0.351 e. The summed E-state index contributed by atoms with van der Waals surface area (Å²) >= 11 is 0. The summed E-state index contributed by atoms with van der Waals surface area (Å²) in [7, 11) is 1.65. The van der Waals surface area contributed by atoms with Crippen molar-refractivity contribution in [2.45, 2.75) is 64.1 Å². The van der Waals surface area contributed by atoms with E-state index in [0.717, 1.165) is 51.7 Å². The smallest absolute Gasteiger partial charge is 0.274 e. The van der Waals surface area contributed by atoms with Crippen LogP contribution in [-0.4, -0.2) is 93.6 Å². The quantitative estimate of drug-likeness (QED) is 0.751. The number of amides is 3. The highest BCUT2D eigenvalue weighted by atomic mass is 16.2. The maximum Gasteiger partial charge on any atom is 0.274 e. The predicted molar refractivity (Wildman–Crippen MR) is 116 cm³/mol. The molecule has 1 aliphatic carbocycles. The number of carbonyl (C=O) groups is 3. The molecule has 9 nitrogen and oxygen atoms in total. The fourth-order valence-corrected chi connectivity index (χ4v) is 4.90. The number of aromatic nitrogens is 2. The van der Waals surface area contributed by atoms with Gasteiger partial charge in [-0.3, -0.25) is 24.0 Å². The van der Waals surface area contributed by atoms with E-state index in [2.05, 4.69) is 22.2 Å². The number of fused-ring (bicyclic) bond motifs is 1. The number of hydrogen-bond acceptors (Lipinski definition) is 5. The number of likely N-dealkylation sites (N-methyl/N-ethyl adjacent to an activating group) is 1. The normalized spacial score (nSPS) is 25.1. The molecule has 3 heterocycles. The Kier molecular flexibility index (Phi) is 6.05. The number of nitrogens with one attached hydrogen (secondary N) is 1. The molecule has 1 unspecified atom stereocenters. The maximum absolute atomic E-state index is 13.1. The highest BCUT2D eigenvalue weighted by Gasteiger charge is 2.47. The topological polar surface area (TPSA) is 90.8 Å². The van der Waals surface area contributed by atoms with E-state index < -0.39 is 5.54 Å². The summed E-state index contributed by atoms with van der Waals surface area (Å²) in [6.07, 6.45) is 5.31. The summed E-state index contributed by atoms with van der Waals surface area (Å²) in [5.74, 6) is -0.587. The molecule has 0 spiro atoms. The molecule has 0 radical (unpaired) electrons. The monoisotopic (exact) mass is 430 g/mol. The molecule has 0 bridgehead atoms. The molecule has 1 aromatic heterocycles. The molecule has 0 aromatic carbocycles. The second kappa shape index (κ2) is 8.61. The van der Waals surface area contributed by atoms with Crippen LogP contribution >= 0.6 is 0 Å². The van der Waals surface area contributed by atoms with Gasteiger partial charge in [0.2, 0.25) is 5.91 Å². The van der Waals surface area contributed by atoms with Crippen LogP contribution < -0.4 is 5.32 Å². The summed E-state index contributed by atoms with van der Waals surface area (Å²) in [6, 6.07) is 1.75. The standard InChI is InChI=1S/C22H34N6O3/c1-4-9-26-10-12-27(13-11-26)19(29)17-14-18-20(30)25(3)22(2,15-28(18)24-17)21(31)23-16-7-5-6-8-16/h14,16H,4-13,15H2,1-3H3,(H,23,31).